The van der Waals surface area contributed by atoms with Gasteiger partial charge in [0.05, 0.1) is 5.52 Å². The molecule has 10 heteroatoms. The highest BCUT2D eigenvalue weighted by atomic mass is 16.5. The number of carbonyl (C=O) groups excluding carboxylic acids is 2. The second kappa shape index (κ2) is 11.5. The predicted octanol–water partition coefficient (Wildman–Crippen LogP) is 2.12. The van der Waals surface area contributed by atoms with Gasteiger partial charge >= 0.3 is 6.09 Å². The van der Waals surface area contributed by atoms with E-state index in [0.29, 0.717) is 24.2 Å². The number of benzene rings is 2. The third kappa shape index (κ3) is 7.09. The van der Waals surface area contributed by atoms with Gasteiger partial charge in [0, 0.05) is 23.7 Å². The van der Waals surface area contributed by atoms with E-state index in [-0.39, 0.29) is 24.5 Å². The Labute approximate surface area is 196 Å². The fourth-order valence-corrected chi connectivity index (χ4v) is 3.42. The van der Waals surface area contributed by atoms with Crippen molar-refractivity contribution in [2.75, 3.05) is 11.9 Å². The highest BCUT2D eigenvalue weighted by molar-refractivity contribution is 5.98. The maximum absolute atomic E-state index is 13.0. The molecule has 178 valence electrons. The number of alkyl carbamates (subject to hydrolysis) is 1. The summed E-state index contributed by atoms with van der Waals surface area (Å²) in [6.45, 7) is 2.23. The number of guanidine groups is 1. The number of aryl methyl sites for hydroxylation is 1. The number of nitrogens with zero attached hydrogens (tertiary/aromatic N) is 1. The van der Waals surface area contributed by atoms with Crippen LogP contribution in [-0.4, -0.2) is 35.5 Å². The fraction of sp³-hybridized carbons (Fsp3) is 0.250. The van der Waals surface area contributed by atoms with Gasteiger partial charge < -0.3 is 31.8 Å². The van der Waals surface area contributed by atoms with E-state index in [2.05, 4.69) is 20.6 Å². The van der Waals surface area contributed by atoms with Gasteiger partial charge in [0.25, 0.3) is 0 Å². The van der Waals surface area contributed by atoms with Gasteiger partial charge in [-0.2, -0.15) is 0 Å². The Morgan fingerprint density at radius 2 is 1.88 bits per heavy atom. The lowest BCUT2D eigenvalue weighted by atomic mass is 10.1. The van der Waals surface area contributed by atoms with Crippen molar-refractivity contribution >= 4 is 34.6 Å². The van der Waals surface area contributed by atoms with Crippen molar-refractivity contribution in [2.45, 2.75) is 32.4 Å². The number of nitrogens with one attached hydrogen (secondary N) is 3. The first-order valence-electron chi connectivity index (χ1n) is 10.8. The Kier molecular flexibility index (Phi) is 8.22. The molecule has 0 fully saturated rings. The molecule has 0 aliphatic carbocycles. The summed E-state index contributed by atoms with van der Waals surface area (Å²) in [6, 6.07) is 15.1. The molecule has 0 aliphatic rings. The highest BCUT2D eigenvalue weighted by Crippen LogP contribution is 2.19. The first-order chi connectivity index (χ1) is 16.3. The lowest BCUT2D eigenvalue weighted by Crippen LogP contribution is -2.44. The van der Waals surface area contributed by atoms with Crippen molar-refractivity contribution < 1.29 is 14.3 Å². The number of fused-ring (bicyclic) bond motifs is 1. The van der Waals surface area contributed by atoms with E-state index in [0.717, 1.165) is 16.5 Å². The van der Waals surface area contributed by atoms with Crippen molar-refractivity contribution in [3.63, 3.8) is 0 Å². The van der Waals surface area contributed by atoms with Gasteiger partial charge in [-0.3, -0.25) is 14.6 Å². The molecule has 3 rings (SSSR count). The van der Waals surface area contributed by atoms with Crippen molar-refractivity contribution in [2.24, 2.45) is 16.5 Å². The number of carbonyl (C=O) groups is 2. The Morgan fingerprint density at radius 1 is 1.12 bits per heavy atom. The Hall–Kier alpha value is -4.34. The number of aromatic amines is 1. The normalized spacial score (nSPS) is 11.4. The number of amides is 2. The lowest BCUT2D eigenvalue weighted by molar-refractivity contribution is -0.118. The molecule has 0 bridgehead atoms. The highest BCUT2D eigenvalue weighted by Gasteiger charge is 2.21. The van der Waals surface area contributed by atoms with E-state index in [1.165, 1.54) is 6.07 Å². The van der Waals surface area contributed by atoms with Crippen LogP contribution in [-0.2, 0) is 16.1 Å². The Bertz CT molecular complexity index is 1240. The molecule has 10 nitrogen and oxygen atoms in total. The van der Waals surface area contributed by atoms with Gasteiger partial charge in [0.2, 0.25) is 11.5 Å². The number of rotatable bonds is 9. The van der Waals surface area contributed by atoms with Crippen LogP contribution in [0.1, 0.15) is 24.0 Å². The smallest absolute Gasteiger partial charge is 0.408 e. The van der Waals surface area contributed by atoms with E-state index in [1.807, 2.05) is 43.3 Å². The van der Waals surface area contributed by atoms with Crippen LogP contribution in [0.15, 0.2) is 64.4 Å². The molecule has 1 atom stereocenters. The number of aromatic nitrogens is 1. The molecule has 0 spiro atoms. The second-order valence-electron chi connectivity index (χ2n) is 7.77. The molecular formula is C24H28N6O4. The zero-order chi connectivity index (χ0) is 24.5. The summed E-state index contributed by atoms with van der Waals surface area (Å²) >= 11 is 0. The molecule has 34 heavy (non-hydrogen) atoms. The summed E-state index contributed by atoms with van der Waals surface area (Å²) in [5.74, 6) is -0.479. The first-order valence-corrected chi connectivity index (χ1v) is 10.8. The molecule has 0 saturated heterocycles. The van der Waals surface area contributed by atoms with E-state index < -0.39 is 18.0 Å². The Morgan fingerprint density at radius 3 is 2.62 bits per heavy atom. The maximum Gasteiger partial charge on any atom is 0.408 e. The molecule has 2 amide bonds. The Balaban J connectivity index is 1.68. The fourth-order valence-electron chi connectivity index (χ4n) is 3.42. The van der Waals surface area contributed by atoms with Gasteiger partial charge in [-0.1, -0.05) is 36.4 Å². The third-order valence-electron chi connectivity index (χ3n) is 5.08. The number of anilines is 1. The number of H-pyrrole nitrogens is 1. The van der Waals surface area contributed by atoms with Gasteiger partial charge in [0.1, 0.15) is 12.6 Å². The van der Waals surface area contributed by atoms with Crippen molar-refractivity contribution in [1.29, 1.82) is 0 Å². The summed E-state index contributed by atoms with van der Waals surface area (Å²) in [6.07, 6.45) is 0.0236. The van der Waals surface area contributed by atoms with Crippen molar-refractivity contribution in [3.8, 4) is 0 Å². The molecule has 1 aromatic heterocycles. The van der Waals surface area contributed by atoms with E-state index in [4.69, 9.17) is 16.2 Å². The van der Waals surface area contributed by atoms with Crippen LogP contribution in [0, 0.1) is 6.92 Å². The van der Waals surface area contributed by atoms with Gasteiger partial charge in [0.15, 0.2) is 5.96 Å². The van der Waals surface area contributed by atoms with E-state index in [1.54, 1.807) is 12.1 Å². The summed E-state index contributed by atoms with van der Waals surface area (Å²) in [7, 11) is 0. The SMILES string of the molecule is Cc1cc(=O)[nH]c2cc(NC(=O)[C@H](CCCN=C(N)N)NC(=O)OCc3ccccc3)ccc12. The molecule has 0 radical (unpaired) electrons. The van der Waals surface area contributed by atoms with Crippen LogP contribution < -0.4 is 27.7 Å². The minimum atomic E-state index is -0.885. The lowest BCUT2D eigenvalue weighted by Gasteiger charge is -2.18. The minimum absolute atomic E-state index is 0.0447. The quantitative estimate of drug-likeness (QED) is 0.185. The van der Waals surface area contributed by atoms with Crippen LogP contribution in [0.25, 0.3) is 10.9 Å². The molecule has 0 unspecified atom stereocenters. The number of hydrogen-bond donors (Lipinski definition) is 5. The topological polar surface area (TPSA) is 165 Å². The van der Waals surface area contributed by atoms with Gasteiger partial charge in [-0.15, -0.1) is 0 Å². The number of pyridine rings is 1. The van der Waals surface area contributed by atoms with Crippen molar-refractivity contribution in [3.05, 3.63) is 76.1 Å². The molecular weight excluding hydrogens is 436 g/mol. The predicted molar refractivity (Wildman–Crippen MR) is 131 cm³/mol. The zero-order valence-electron chi connectivity index (χ0n) is 18.8. The number of hydrogen-bond acceptors (Lipinski definition) is 5. The standard InChI is InChI=1S/C24H28N6O4/c1-15-12-21(31)29-20-13-17(9-10-18(15)20)28-22(32)19(8-5-11-27-23(25)26)30-24(33)34-14-16-6-3-2-4-7-16/h2-4,6-7,9-10,12-13,19H,5,8,11,14H2,1H3,(H,28,32)(H,29,31)(H,30,33)(H4,25,26,27)/t19-/m0/s1. The zero-order valence-corrected chi connectivity index (χ0v) is 18.8. The summed E-state index contributed by atoms with van der Waals surface area (Å²) in [5, 5.41) is 6.26. The van der Waals surface area contributed by atoms with Crippen LogP contribution in [0.2, 0.25) is 0 Å². The minimum Gasteiger partial charge on any atom is -0.445 e. The number of nitrogens with two attached hydrogens (primary N) is 2. The third-order valence-corrected chi connectivity index (χ3v) is 5.08. The van der Waals surface area contributed by atoms with Crippen LogP contribution in [0.3, 0.4) is 0 Å². The average molecular weight is 465 g/mol. The maximum atomic E-state index is 13.0. The number of ether oxygens (including phenoxy) is 1. The van der Waals surface area contributed by atoms with Crippen LogP contribution >= 0.6 is 0 Å². The first kappa shape index (κ1) is 24.3. The molecule has 0 aliphatic heterocycles. The molecule has 2 aromatic carbocycles. The molecule has 3 aromatic rings. The summed E-state index contributed by atoms with van der Waals surface area (Å²) in [5.41, 5.74) is 13.2. The van der Waals surface area contributed by atoms with Crippen molar-refractivity contribution in [1.82, 2.24) is 10.3 Å². The molecule has 1 heterocycles. The molecule has 7 N–H and O–H groups in total. The second-order valence-corrected chi connectivity index (χ2v) is 7.77. The van der Waals surface area contributed by atoms with Crippen LogP contribution in [0.4, 0.5) is 10.5 Å². The summed E-state index contributed by atoms with van der Waals surface area (Å²) < 4.78 is 5.25. The summed E-state index contributed by atoms with van der Waals surface area (Å²) in [4.78, 5) is 43.8. The van der Waals surface area contributed by atoms with Crippen LogP contribution in [0.5, 0.6) is 0 Å². The average Bonchev–Trinajstić information content (AvgIpc) is 2.79. The monoisotopic (exact) mass is 464 g/mol. The van der Waals surface area contributed by atoms with E-state index >= 15 is 0 Å². The molecule has 0 saturated carbocycles. The number of aliphatic imine (C=N–C) groups is 1. The van der Waals surface area contributed by atoms with Gasteiger partial charge in [-0.25, -0.2) is 4.79 Å². The van der Waals surface area contributed by atoms with Gasteiger partial charge in [-0.05, 0) is 43.0 Å². The largest absolute Gasteiger partial charge is 0.445 e. The van der Waals surface area contributed by atoms with E-state index in [9.17, 15) is 14.4 Å².